The first-order chi connectivity index (χ1) is 9.78. The maximum Gasteiger partial charge on any atom is 0.264 e. The highest BCUT2D eigenvalue weighted by Crippen LogP contribution is 2.14. The first kappa shape index (κ1) is 14.9. The fourth-order valence-corrected chi connectivity index (χ4v) is 2.69. The number of nitrogens with one attached hydrogen (secondary N) is 1. The standard InChI is InChI=1S/C13H14N4O3S/c1-8-7-9(2)16-13(15-8)17-21(19,20)11-5-3-10(4-6-11)12(14)18/h3-7H,1-2H3,(H2,14,18)(H,15,16,17). The molecule has 0 unspecified atom stereocenters. The van der Waals surface area contributed by atoms with Gasteiger partial charge in [-0.25, -0.2) is 23.1 Å². The van der Waals surface area contributed by atoms with E-state index in [4.69, 9.17) is 5.73 Å². The molecule has 0 radical (unpaired) electrons. The van der Waals surface area contributed by atoms with Gasteiger partial charge in [0.15, 0.2) is 0 Å². The normalized spacial score (nSPS) is 11.1. The Labute approximate surface area is 122 Å². The number of hydrogen-bond acceptors (Lipinski definition) is 5. The monoisotopic (exact) mass is 306 g/mol. The minimum Gasteiger partial charge on any atom is -0.366 e. The van der Waals surface area contributed by atoms with E-state index in [1.54, 1.807) is 19.9 Å². The highest BCUT2D eigenvalue weighted by Gasteiger charge is 2.16. The average Bonchev–Trinajstić information content (AvgIpc) is 2.37. The highest BCUT2D eigenvalue weighted by molar-refractivity contribution is 7.92. The number of nitrogens with two attached hydrogens (primary N) is 1. The van der Waals surface area contributed by atoms with E-state index in [1.807, 2.05) is 0 Å². The van der Waals surface area contributed by atoms with Crippen LogP contribution >= 0.6 is 0 Å². The average molecular weight is 306 g/mol. The maximum atomic E-state index is 12.2. The summed E-state index contributed by atoms with van der Waals surface area (Å²) in [7, 11) is -3.82. The fraction of sp³-hybridized carbons (Fsp3) is 0.154. The summed E-state index contributed by atoms with van der Waals surface area (Å²) in [6.07, 6.45) is 0. The molecule has 0 fully saturated rings. The Kier molecular flexibility index (Phi) is 3.90. The van der Waals surface area contributed by atoms with Crippen LogP contribution in [-0.4, -0.2) is 24.3 Å². The zero-order valence-corrected chi connectivity index (χ0v) is 12.3. The molecule has 0 aliphatic heterocycles. The Hall–Kier alpha value is -2.48. The molecular weight excluding hydrogens is 292 g/mol. The van der Waals surface area contributed by atoms with Gasteiger partial charge in [-0.1, -0.05) is 0 Å². The first-order valence-corrected chi connectivity index (χ1v) is 7.51. The lowest BCUT2D eigenvalue weighted by Gasteiger charge is -2.08. The molecular formula is C13H14N4O3S. The van der Waals surface area contributed by atoms with Gasteiger partial charge in [0, 0.05) is 17.0 Å². The summed E-state index contributed by atoms with van der Waals surface area (Å²) in [5, 5.41) is 0. The molecule has 7 nitrogen and oxygen atoms in total. The number of amides is 1. The van der Waals surface area contributed by atoms with Crippen molar-refractivity contribution in [2.75, 3.05) is 4.72 Å². The van der Waals surface area contributed by atoms with E-state index in [1.165, 1.54) is 24.3 Å². The third-order valence-corrected chi connectivity index (χ3v) is 4.00. The zero-order valence-electron chi connectivity index (χ0n) is 11.5. The summed E-state index contributed by atoms with van der Waals surface area (Å²) in [4.78, 5) is 19.0. The molecule has 2 rings (SSSR count). The van der Waals surface area contributed by atoms with Crippen LogP contribution in [0.1, 0.15) is 21.7 Å². The number of primary amides is 1. The Balaban J connectivity index is 2.31. The number of aromatic nitrogens is 2. The summed E-state index contributed by atoms with van der Waals surface area (Å²) < 4.78 is 26.7. The molecule has 2 aromatic rings. The minimum absolute atomic E-state index is 0.00439. The van der Waals surface area contributed by atoms with Crippen LogP contribution in [0.15, 0.2) is 35.2 Å². The number of sulfonamides is 1. The molecule has 1 amide bonds. The van der Waals surface area contributed by atoms with E-state index in [0.29, 0.717) is 11.4 Å². The molecule has 1 heterocycles. The van der Waals surface area contributed by atoms with Gasteiger partial charge in [0.25, 0.3) is 10.0 Å². The van der Waals surface area contributed by atoms with Gasteiger partial charge in [0.05, 0.1) is 4.90 Å². The van der Waals surface area contributed by atoms with E-state index >= 15 is 0 Å². The number of benzene rings is 1. The molecule has 1 aromatic heterocycles. The molecule has 21 heavy (non-hydrogen) atoms. The van der Waals surface area contributed by atoms with Crippen molar-refractivity contribution in [3.05, 3.63) is 47.3 Å². The van der Waals surface area contributed by atoms with E-state index in [9.17, 15) is 13.2 Å². The van der Waals surface area contributed by atoms with Crippen molar-refractivity contribution < 1.29 is 13.2 Å². The second kappa shape index (κ2) is 5.49. The second-order valence-electron chi connectivity index (χ2n) is 4.47. The number of hydrogen-bond donors (Lipinski definition) is 2. The zero-order chi connectivity index (χ0) is 15.6. The molecule has 110 valence electrons. The van der Waals surface area contributed by atoms with Gasteiger partial charge in [0.2, 0.25) is 11.9 Å². The van der Waals surface area contributed by atoms with Crippen molar-refractivity contribution in [2.24, 2.45) is 5.73 Å². The number of aryl methyl sites for hydroxylation is 2. The third-order valence-electron chi connectivity index (χ3n) is 2.66. The van der Waals surface area contributed by atoms with Crippen molar-refractivity contribution in [1.29, 1.82) is 0 Å². The van der Waals surface area contributed by atoms with Crippen LogP contribution in [0.4, 0.5) is 5.95 Å². The predicted molar refractivity (Wildman–Crippen MR) is 77.3 cm³/mol. The molecule has 0 atom stereocenters. The molecule has 3 N–H and O–H groups in total. The van der Waals surface area contributed by atoms with Gasteiger partial charge in [0.1, 0.15) is 0 Å². The van der Waals surface area contributed by atoms with Crippen LogP contribution in [0.3, 0.4) is 0 Å². The summed E-state index contributed by atoms with van der Waals surface area (Å²) in [6.45, 7) is 3.49. The van der Waals surface area contributed by atoms with Crippen LogP contribution in [0.2, 0.25) is 0 Å². The van der Waals surface area contributed by atoms with Gasteiger partial charge in [-0.2, -0.15) is 0 Å². The molecule has 1 aromatic carbocycles. The van der Waals surface area contributed by atoms with Crippen molar-refractivity contribution in [3.63, 3.8) is 0 Å². The molecule has 8 heteroatoms. The van der Waals surface area contributed by atoms with Gasteiger partial charge in [-0.05, 0) is 44.2 Å². The predicted octanol–water partition coefficient (Wildman–Crippen LogP) is 0.993. The number of carbonyl (C=O) groups excluding carboxylic acids is 1. The van der Waals surface area contributed by atoms with E-state index < -0.39 is 15.9 Å². The van der Waals surface area contributed by atoms with Crippen LogP contribution < -0.4 is 10.5 Å². The highest BCUT2D eigenvalue weighted by atomic mass is 32.2. The van der Waals surface area contributed by atoms with Crippen molar-refractivity contribution >= 4 is 21.9 Å². The first-order valence-electron chi connectivity index (χ1n) is 6.03. The Morgan fingerprint density at radius 3 is 2.10 bits per heavy atom. The van der Waals surface area contributed by atoms with Crippen LogP contribution in [0, 0.1) is 13.8 Å². The van der Waals surface area contributed by atoms with Crippen molar-refractivity contribution in [2.45, 2.75) is 18.7 Å². The van der Waals surface area contributed by atoms with E-state index in [2.05, 4.69) is 14.7 Å². The summed E-state index contributed by atoms with van der Waals surface area (Å²) in [5.41, 5.74) is 6.65. The number of nitrogens with zero attached hydrogens (tertiary/aromatic N) is 2. The number of rotatable bonds is 4. The number of anilines is 1. The lowest BCUT2D eigenvalue weighted by Crippen LogP contribution is -2.16. The van der Waals surface area contributed by atoms with Crippen LogP contribution in [0.25, 0.3) is 0 Å². The van der Waals surface area contributed by atoms with Crippen LogP contribution in [0.5, 0.6) is 0 Å². The Morgan fingerprint density at radius 2 is 1.62 bits per heavy atom. The van der Waals surface area contributed by atoms with E-state index in [0.717, 1.165) is 0 Å². The fourth-order valence-electron chi connectivity index (χ4n) is 1.75. The molecule has 0 spiro atoms. The van der Waals surface area contributed by atoms with Crippen molar-refractivity contribution in [1.82, 2.24) is 9.97 Å². The molecule has 0 aliphatic rings. The molecule has 0 bridgehead atoms. The lowest BCUT2D eigenvalue weighted by molar-refractivity contribution is 0.1000. The number of carbonyl (C=O) groups is 1. The topological polar surface area (TPSA) is 115 Å². The Bertz CT molecular complexity index is 765. The van der Waals surface area contributed by atoms with Crippen molar-refractivity contribution in [3.8, 4) is 0 Å². The maximum absolute atomic E-state index is 12.2. The minimum atomic E-state index is -3.82. The summed E-state index contributed by atoms with van der Waals surface area (Å²) in [5.74, 6) is -0.615. The lowest BCUT2D eigenvalue weighted by atomic mass is 10.2. The summed E-state index contributed by atoms with van der Waals surface area (Å²) in [6, 6.07) is 7.02. The quantitative estimate of drug-likeness (QED) is 0.874. The van der Waals surface area contributed by atoms with E-state index in [-0.39, 0.29) is 16.4 Å². The summed E-state index contributed by atoms with van der Waals surface area (Å²) >= 11 is 0. The molecule has 0 aliphatic carbocycles. The van der Waals surface area contributed by atoms with Gasteiger partial charge in [-0.3, -0.25) is 4.79 Å². The molecule has 0 saturated carbocycles. The smallest absolute Gasteiger partial charge is 0.264 e. The van der Waals surface area contributed by atoms with Crippen LogP contribution in [-0.2, 0) is 10.0 Å². The second-order valence-corrected chi connectivity index (χ2v) is 6.15. The molecule has 0 saturated heterocycles. The largest absolute Gasteiger partial charge is 0.366 e. The van der Waals surface area contributed by atoms with Gasteiger partial charge in [-0.15, -0.1) is 0 Å². The SMILES string of the molecule is Cc1cc(C)nc(NS(=O)(=O)c2ccc(C(N)=O)cc2)n1. The van der Waals surface area contributed by atoms with Gasteiger partial charge < -0.3 is 5.73 Å². The third kappa shape index (κ3) is 3.54. The Morgan fingerprint density at radius 1 is 1.10 bits per heavy atom. The van der Waals surface area contributed by atoms with Gasteiger partial charge >= 0.3 is 0 Å².